The Morgan fingerprint density at radius 2 is 1.93 bits per heavy atom. The van der Waals surface area contributed by atoms with Crippen LogP contribution in [0.2, 0.25) is 0 Å². The second kappa shape index (κ2) is 11.0. The number of guanidine groups is 1. The van der Waals surface area contributed by atoms with Gasteiger partial charge in [0.25, 0.3) is 0 Å². The third kappa shape index (κ3) is 6.29. The fourth-order valence-corrected chi connectivity index (χ4v) is 3.57. The fraction of sp³-hybridized carbons (Fsp3) is 0.591. The molecule has 0 amide bonds. The van der Waals surface area contributed by atoms with Gasteiger partial charge in [0.15, 0.2) is 11.8 Å². The van der Waals surface area contributed by atoms with Gasteiger partial charge in [-0.1, -0.05) is 49.3 Å². The zero-order valence-electron chi connectivity index (χ0n) is 17.9. The summed E-state index contributed by atoms with van der Waals surface area (Å²) in [6.07, 6.45) is 3.22. The van der Waals surface area contributed by atoms with Crippen molar-refractivity contribution in [3.05, 3.63) is 47.6 Å². The molecule has 7 nitrogen and oxygen atoms in total. The first-order valence-electron chi connectivity index (χ1n) is 10.8. The number of aliphatic imine (C=N–C) groups is 1. The summed E-state index contributed by atoms with van der Waals surface area (Å²) in [5.41, 5.74) is 1.33. The van der Waals surface area contributed by atoms with Gasteiger partial charge >= 0.3 is 0 Å². The highest BCUT2D eigenvalue weighted by Gasteiger charge is 2.23. The van der Waals surface area contributed by atoms with E-state index in [1.807, 2.05) is 0 Å². The monoisotopic (exact) mass is 398 g/mol. The molecule has 1 atom stereocenters. The van der Waals surface area contributed by atoms with Crippen LogP contribution in [0.5, 0.6) is 0 Å². The van der Waals surface area contributed by atoms with Gasteiger partial charge in [-0.25, -0.2) is 0 Å². The van der Waals surface area contributed by atoms with Gasteiger partial charge in [0.2, 0.25) is 5.89 Å². The quantitative estimate of drug-likeness (QED) is 0.499. The van der Waals surface area contributed by atoms with Crippen molar-refractivity contribution in [2.24, 2.45) is 4.99 Å². The molecule has 7 heteroatoms. The Kier molecular flexibility index (Phi) is 8.04. The molecule has 2 heterocycles. The molecule has 0 aliphatic carbocycles. The van der Waals surface area contributed by atoms with E-state index < -0.39 is 0 Å². The number of benzene rings is 1. The van der Waals surface area contributed by atoms with E-state index in [-0.39, 0.29) is 5.92 Å². The first-order valence-corrected chi connectivity index (χ1v) is 10.8. The molecular formula is C22H34N6O. The van der Waals surface area contributed by atoms with Crippen molar-refractivity contribution in [2.45, 2.75) is 52.0 Å². The molecule has 0 bridgehead atoms. The summed E-state index contributed by atoms with van der Waals surface area (Å²) in [7, 11) is 0. The van der Waals surface area contributed by atoms with Crippen molar-refractivity contribution in [1.29, 1.82) is 0 Å². The molecular weight excluding hydrogens is 364 g/mol. The fourth-order valence-electron chi connectivity index (χ4n) is 3.57. The van der Waals surface area contributed by atoms with Gasteiger partial charge in [0.1, 0.15) is 0 Å². The molecule has 1 unspecified atom stereocenters. The summed E-state index contributed by atoms with van der Waals surface area (Å²) in [4.78, 5) is 11.9. The zero-order chi connectivity index (χ0) is 20.5. The molecule has 1 aromatic heterocycles. The van der Waals surface area contributed by atoms with E-state index in [0.717, 1.165) is 38.0 Å². The standard InChI is InChI=1S/C22H34N6O/c1-4-23-22(24-13-12-20-26-21(17(2)3)27-29-20)25-16-19(28-14-8-9-15-28)18-10-6-5-7-11-18/h5-7,10-11,17,19H,4,8-9,12-16H2,1-3H3,(H2,23,24,25). The molecule has 1 aliphatic rings. The average Bonchev–Trinajstić information content (AvgIpc) is 3.41. The topological polar surface area (TPSA) is 78.6 Å². The molecule has 0 spiro atoms. The molecule has 1 saturated heterocycles. The van der Waals surface area contributed by atoms with Crippen molar-refractivity contribution in [1.82, 2.24) is 25.7 Å². The number of rotatable bonds is 9. The van der Waals surface area contributed by atoms with Crippen LogP contribution in [0.15, 0.2) is 39.8 Å². The predicted molar refractivity (Wildman–Crippen MR) is 116 cm³/mol. The normalized spacial score (nSPS) is 16.3. The van der Waals surface area contributed by atoms with E-state index in [4.69, 9.17) is 9.52 Å². The van der Waals surface area contributed by atoms with E-state index in [1.54, 1.807) is 0 Å². The minimum atomic E-state index is 0.278. The lowest BCUT2D eigenvalue weighted by Crippen LogP contribution is -2.39. The summed E-state index contributed by atoms with van der Waals surface area (Å²) in [6, 6.07) is 11.0. The molecule has 2 N–H and O–H groups in total. The molecule has 1 aliphatic heterocycles. The second-order valence-corrected chi connectivity index (χ2v) is 7.77. The number of hydrogen-bond donors (Lipinski definition) is 2. The van der Waals surface area contributed by atoms with E-state index >= 15 is 0 Å². The third-order valence-electron chi connectivity index (χ3n) is 5.16. The van der Waals surface area contributed by atoms with E-state index in [9.17, 15) is 0 Å². The number of nitrogens with one attached hydrogen (secondary N) is 2. The second-order valence-electron chi connectivity index (χ2n) is 7.77. The molecule has 158 valence electrons. The summed E-state index contributed by atoms with van der Waals surface area (Å²) in [5, 5.41) is 10.8. The number of likely N-dealkylation sites (tertiary alicyclic amines) is 1. The lowest BCUT2D eigenvalue weighted by atomic mass is 10.1. The number of aromatic nitrogens is 2. The van der Waals surface area contributed by atoms with Crippen LogP contribution >= 0.6 is 0 Å². The lowest BCUT2D eigenvalue weighted by molar-refractivity contribution is 0.251. The van der Waals surface area contributed by atoms with Crippen LogP contribution in [-0.4, -0.2) is 53.7 Å². The minimum Gasteiger partial charge on any atom is -0.357 e. The van der Waals surface area contributed by atoms with Gasteiger partial charge in [0.05, 0.1) is 12.6 Å². The Labute approximate surface area is 174 Å². The molecule has 0 saturated carbocycles. The van der Waals surface area contributed by atoms with Crippen molar-refractivity contribution in [3.8, 4) is 0 Å². The third-order valence-corrected chi connectivity index (χ3v) is 5.16. The van der Waals surface area contributed by atoms with Gasteiger partial charge in [-0.2, -0.15) is 4.98 Å². The largest absolute Gasteiger partial charge is 0.357 e. The molecule has 1 aromatic carbocycles. The van der Waals surface area contributed by atoms with Gasteiger partial charge in [-0.05, 0) is 38.4 Å². The Balaban J connectivity index is 1.60. The molecule has 1 fully saturated rings. The highest BCUT2D eigenvalue weighted by atomic mass is 16.5. The van der Waals surface area contributed by atoms with Crippen LogP contribution in [-0.2, 0) is 6.42 Å². The summed E-state index contributed by atoms with van der Waals surface area (Å²) >= 11 is 0. The zero-order valence-corrected chi connectivity index (χ0v) is 17.9. The smallest absolute Gasteiger partial charge is 0.228 e. The summed E-state index contributed by atoms with van der Waals surface area (Å²) in [6.45, 7) is 10.8. The van der Waals surface area contributed by atoms with Crippen LogP contribution in [0, 0.1) is 0 Å². The maximum absolute atomic E-state index is 5.32. The van der Waals surface area contributed by atoms with E-state index in [0.29, 0.717) is 24.9 Å². The predicted octanol–water partition coefficient (Wildman–Crippen LogP) is 3.13. The Morgan fingerprint density at radius 3 is 2.59 bits per heavy atom. The van der Waals surface area contributed by atoms with Gasteiger partial charge in [0, 0.05) is 25.4 Å². The minimum absolute atomic E-state index is 0.278. The van der Waals surface area contributed by atoms with Crippen LogP contribution in [0.1, 0.15) is 62.9 Å². The number of hydrogen-bond acceptors (Lipinski definition) is 5. The van der Waals surface area contributed by atoms with Crippen LogP contribution in [0.4, 0.5) is 0 Å². The lowest BCUT2D eigenvalue weighted by Gasteiger charge is -2.27. The van der Waals surface area contributed by atoms with Crippen molar-refractivity contribution >= 4 is 5.96 Å². The van der Waals surface area contributed by atoms with Gasteiger partial charge in [-0.15, -0.1) is 0 Å². The van der Waals surface area contributed by atoms with E-state index in [2.05, 4.69) is 76.8 Å². The maximum Gasteiger partial charge on any atom is 0.228 e. The van der Waals surface area contributed by atoms with Crippen molar-refractivity contribution in [2.75, 3.05) is 32.7 Å². The Morgan fingerprint density at radius 1 is 1.17 bits per heavy atom. The van der Waals surface area contributed by atoms with Gasteiger partial charge in [-0.3, -0.25) is 9.89 Å². The molecule has 2 aromatic rings. The van der Waals surface area contributed by atoms with Gasteiger partial charge < -0.3 is 15.2 Å². The van der Waals surface area contributed by atoms with Crippen LogP contribution < -0.4 is 10.6 Å². The Hall–Kier alpha value is -2.41. The van der Waals surface area contributed by atoms with Crippen molar-refractivity contribution in [3.63, 3.8) is 0 Å². The average molecular weight is 399 g/mol. The summed E-state index contributed by atoms with van der Waals surface area (Å²) in [5.74, 6) is 2.53. The van der Waals surface area contributed by atoms with E-state index in [1.165, 1.54) is 18.4 Å². The highest BCUT2D eigenvalue weighted by Crippen LogP contribution is 2.25. The maximum atomic E-state index is 5.32. The first-order chi connectivity index (χ1) is 14.2. The van der Waals surface area contributed by atoms with Crippen LogP contribution in [0.3, 0.4) is 0 Å². The molecule has 0 radical (unpaired) electrons. The Bertz CT molecular complexity index is 752. The summed E-state index contributed by atoms with van der Waals surface area (Å²) < 4.78 is 5.32. The highest BCUT2D eigenvalue weighted by molar-refractivity contribution is 5.79. The van der Waals surface area contributed by atoms with Crippen LogP contribution in [0.25, 0.3) is 0 Å². The number of nitrogens with zero attached hydrogens (tertiary/aromatic N) is 4. The molecule has 3 rings (SSSR count). The van der Waals surface area contributed by atoms with Crippen molar-refractivity contribution < 1.29 is 4.52 Å². The first kappa shape index (κ1) is 21.3. The molecule has 29 heavy (non-hydrogen) atoms. The SMILES string of the molecule is CCNC(=NCC(c1ccccc1)N1CCCC1)NCCc1nc(C(C)C)no1.